The van der Waals surface area contributed by atoms with E-state index in [2.05, 4.69) is 11.1 Å². The van der Waals surface area contributed by atoms with Crippen LogP contribution in [0, 0.1) is 5.82 Å². The molecule has 27 heavy (non-hydrogen) atoms. The fourth-order valence-corrected chi connectivity index (χ4v) is 3.69. The van der Waals surface area contributed by atoms with Crippen LogP contribution in [0.4, 0.5) is 10.1 Å². The van der Waals surface area contributed by atoms with Crippen molar-refractivity contribution in [3.05, 3.63) is 64.8 Å². The standard InChI is InChI=1S/C22H23FN2O2/c23-21-9-8-18(25-15-17-5-1-2-7-20(17)22(25)26)13-16(21)10-12-27-19-6-3-4-11-24-14-19/h1,5,8-9,11,13-14H,2-4,6-7,10,12,15H2. The Hall–Kier alpha value is -2.69. The minimum atomic E-state index is -0.264. The first kappa shape index (κ1) is 17.7. The lowest BCUT2D eigenvalue weighted by Gasteiger charge is -2.18. The van der Waals surface area contributed by atoms with E-state index in [9.17, 15) is 9.18 Å². The van der Waals surface area contributed by atoms with E-state index in [1.165, 1.54) is 6.07 Å². The average Bonchev–Trinajstić information content (AvgIpc) is 2.85. The molecular formula is C22H23FN2O2. The second kappa shape index (κ2) is 7.91. The number of rotatable bonds is 5. The Kier molecular flexibility index (Phi) is 5.19. The Morgan fingerprint density at radius 2 is 2.15 bits per heavy atom. The molecule has 4 nitrogen and oxygen atoms in total. The molecule has 2 aliphatic heterocycles. The molecule has 0 bridgehead atoms. The Bertz CT molecular complexity index is 867. The molecule has 0 fully saturated rings. The van der Waals surface area contributed by atoms with Gasteiger partial charge in [-0.3, -0.25) is 9.79 Å². The van der Waals surface area contributed by atoms with Crippen LogP contribution in [0.1, 0.15) is 37.7 Å². The van der Waals surface area contributed by atoms with E-state index < -0.39 is 0 Å². The number of ether oxygens (including phenoxy) is 1. The van der Waals surface area contributed by atoms with Crippen LogP contribution < -0.4 is 4.90 Å². The van der Waals surface area contributed by atoms with Gasteiger partial charge in [-0.05, 0) is 55.0 Å². The van der Waals surface area contributed by atoms with Crippen LogP contribution in [-0.4, -0.2) is 25.3 Å². The number of allylic oxidation sites excluding steroid dienone is 2. The highest BCUT2D eigenvalue weighted by molar-refractivity contribution is 6.10. The first-order valence-corrected chi connectivity index (χ1v) is 9.55. The summed E-state index contributed by atoms with van der Waals surface area (Å²) in [5.41, 5.74) is 3.30. The van der Waals surface area contributed by atoms with E-state index in [0.29, 0.717) is 25.1 Å². The van der Waals surface area contributed by atoms with Crippen molar-refractivity contribution in [2.75, 3.05) is 18.1 Å². The molecule has 4 rings (SSSR count). The molecule has 0 N–H and O–H groups in total. The van der Waals surface area contributed by atoms with Gasteiger partial charge in [0.15, 0.2) is 0 Å². The zero-order chi connectivity index (χ0) is 18.6. The summed E-state index contributed by atoms with van der Waals surface area (Å²) in [6, 6.07) is 4.90. The van der Waals surface area contributed by atoms with E-state index in [-0.39, 0.29) is 11.7 Å². The fraction of sp³-hybridized carbons (Fsp3) is 0.364. The second-order valence-electron chi connectivity index (χ2n) is 7.03. The Balaban J connectivity index is 1.43. The molecule has 1 aromatic carbocycles. The molecule has 0 saturated carbocycles. The zero-order valence-electron chi connectivity index (χ0n) is 15.3. The largest absolute Gasteiger partial charge is 0.496 e. The van der Waals surface area contributed by atoms with Crippen molar-refractivity contribution in [2.24, 2.45) is 4.99 Å². The van der Waals surface area contributed by atoms with Crippen LogP contribution in [0.25, 0.3) is 0 Å². The Labute approximate surface area is 158 Å². The third-order valence-electron chi connectivity index (χ3n) is 5.18. The third-order valence-corrected chi connectivity index (χ3v) is 5.18. The van der Waals surface area contributed by atoms with Crippen molar-refractivity contribution in [1.29, 1.82) is 0 Å². The number of benzene rings is 1. The number of anilines is 1. The summed E-state index contributed by atoms with van der Waals surface area (Å²) in [4.78, 5) is 18.6. The van der Waals surface area contributed by atoms with Crippen LogP contribution in [-0.2, 0) is 16.0 Å². The van der Waals surface area contributed by atoms with Crippen molar-refractivity contribution in [2.45, 2.75) is 38.5 Å². The van der Waals surface area contributed by atoms with Gasteiger partial charge in [0, 0.05) is 30.3 Å². The smallest absolute Gasteiger partial charge is 0.254 e. The van der Waals surface area contributed by atoms with Crippen molar-refractivity contribution in [1.82, 2.24) is 0 Å². The Morgan fingerprint density at radius 1 is 1.22 bits per heavy atom. The van der Waals surface area contributed by atoms with Crippen molar-refractivity contribution < 1.29 is 13.9 Å². The van der Waals surface area contributed by atoms with E-state index >= 15 is 0 Å². The topological polar surface area (TPSA) is 41.9 Å². The predicted octanol–water partition coefficient (Wildman–Crippen LogP) is 4.47. The summed E-state index contributed by atoms with van der Waals surface area (Å²) in [5.74, 6) is 0.628. The fourth-order valence-electron chi connectivity index (χ4n) is 3.69. The van der Waals surface area contributed by atoms with Crippen LogP contribution in [0.2, 0.25) is 0 Å². The van der Waals surface area contributed by atoms with E-state index in [1.54, 1.807) is 23.2 Å². The molecule has 1 aliphatic carbocycles. The highest BCUT2D eigenvalue weighted by Gasteiger charge is 2.31. The number of aliphatic imine (C=N–C) groups is 1. The summed E-state index contributed by atoms with van der Waals surface area (Å²) < 4.78 is 20.0. The number of carbonyl (C=O) groups is 1. The van der Waals surface area contributed by atoms with Crippen LogP contribution in [0.5, 0.6) is 0 Å². The summed E-state index contributed by atoms with van der Waals surface area (Å²) in [7, 11) is 0. The van der Waals surface area contributed by atoms with Gasteiger partial charge < -0.3 is 9.64 Å². The average molecular weight is 366 g/mol. The molecule has 1 aromatic rings. The molecule has 0 spiro atoms. The maximum atomic E-state index is 14.3. The highest BCUT2D eigenvalue weighted by Crippen LogP contribution is 2.32. The lowest BCUT2D eigenvalue weighted by molar-refractivity contribution is -0.114. The summed E-state index contributed by atoms with van der Waals surface area (Å²) in [5, 5.41) is 0. The SMILES string of the molecule is O=C1C2=C(C=CCC2)CN1c1ccc(F)c(CCOC2=CN=CCCC2)c1. The van der Waals surface area contributed by atoms with Gasteiger partial charge in [0.2, 0.25) is 0 Å². The van der Waals surface area contributed by atoms with Crippen molar-refractivity contribution >= 4 is 17.8 Å². The molecule has 2 heterocycles. The predicted molar refractivity (Wildman–Crippen MR) is 104 cm³/mol. The van der Waals surface area contributed by atoms with Gasteiger partial charge in [0.1, 0.15) is 11.6 Å². The van der Waals surface area contributed by atoms with Gasteiger partial charge in [0.05, 0.1) is 19.4 Å². The quantitative estimate of drug-likeness (QED) is 0.771. The molecule has 3 aliphatic rings. The normalized spacial score (nSPS) is 19.2. The van der Waals surface area contributed by atoms with Gasteiger partial charge in [-0.15, -0.1) is 0 Å². The first-order chi connectivity index (χ1) is 13.2. The van der Waals surface area contributed by atoms with Crippen molar-refractivity contribution in [3.8, 4) is 0 Å². The molecule has 5 heteroatoms. The highest BCUT2D eigenvalue weighted by atomic mass is 19.1. The van der Waals surface area contributed by atoms with Crippen LogP contribution in [0.15, 0.2) is 58.4 Å². The van der Waals surface area contributed by atoms with Gasteiger partial charge in [-0.1, -0.05) is 12.2 Å². The molecule has 0 saturated heterocycles. The molecule has 1 amide bonds. The van der Waals surface area contributed by atoms with Gasteiger partial charge >= 0.3 is 0 Å². The van der Waals surface area contributed by atoms with E-state index in [1.807, 2.05) is 12.3 Å². The number of amides is 1. The number of hydrogen-bond acceptors (Lipinski definition) is 3. The summed E-state index contributed by atoms with van der Waals surface area (Å²) in [6.07, 6.45) is 12.8. The molecule has 140 valence electrons. The number of carbonyl (C=O) groups excluding carboxylic acids is 1. The zero-order valence-corrected chi connectivity index (χ0v) is 15.3. The second-order valence-corrected chi connectivity index (χ2v) is 7.03. The summed E-state index contributed by atoms with van der Waals surface area (Å²) >= 11 is 0. The van der Waals surface area contributed by atoms with E-state index in [0.717, 1.165) is 54.7 Å². The maximum absolute atomic E-state index is 14.3. The molecule has 0 aromatic heterocycles. The van der Waals surface area contributed by atoms with Gasteiger partial charge in [-0.2, -0.15) is 0 Å². The number of halogens is 1. The summed E-state index contributed by atoms with van der Waals surface area (Å²) in [6.45, 7) is 0.963. The molecule has 0 unspecified atom stereocenters. The molecule has 0 radical (unpaired) electrons. The Morgan fingerprint density at radius 3 is 3.04 bits per heavy atom. The minimum absolute atomic E-state index is 0.0460. The molecule has 0 atom stereocenters. The van der Waals surface area contributed by atoms with Crippen LogP contribution in [0.3, 0.4) is 0 Å². The van der Waals surface area contributed by atoms with Gasteiger partial charge in [-0.25, -0.2) is 4.39 Å². The minimum Gasteiger partial charge on any atom is -0.496 e. The maximum Gasteiger partial charge on any atom is 0.254 e. The third kappa shape index (κ3) is 3.87. The first-order valence-electron chi connectivity index (χ1n) is 9.55. The number of hydrogen-bond donors (Lipinski definition) is 0. The monoisotopic (exact) mass is 366 g/mol. The lowest BCUT2D eigenvalue weighted by atomic mass is 10.0. The number of nitrogens with zero attached hydrogens (tertiary/aromatic N) is 2. The molecular weight excluding hydrogens is 343 g/mol. The van der Waals surface area contributed by atoms with Gasteiger partial charge in [0.25, 0.3) is 5.91 Å². The van der Waals surface area contributed by atoms with Crippen LogP contribution >= 0.6 is 0 Å². The van der Waals surface area contributed by atoms with E-state index in [4.69, 9.17) is 4.74 Å². The lowest BCUT2D eigenvalue weighted by Crippen LogP contribution is -2.26. The van der Waals surface area contributed by atoms with Crippen molar-refractivity contribution in [3.63, 3.8) is 0 Å².